The number of halogens is 1. The molecule has 0 aliphatic heterocycles. The SMILES string of the molecule is COc1ccc(C(=O)O[C@@H](C)C(=O)Nc2cccc3ccccc23)c(F)c1. The Hall–Kier alpha value is -3.41. The lowest BCUT2D eigenvalue weighted by atomic mass is 10.1. The van der Waals surface area contributed by atoms with E-state index in [0.29, 0.717) is 5.69 Å². The topological polar surface area (TPSA) is 64.6 Å². The number of methoxy groups -OCH3 is 1. The number of amides is 1. The van der Waals surface area contributed by atoms with E-state index in [1.54, 1.807) is 6.07 Å². The second kappa shape index (κ2) is 7.86. The Morgan fingerprint density at radius 2 is 1.78 bits per heavy atom. The molecule has 6 heteroatoms. The van der Waals surface area contributed by atoms with Crippen LogP contribution < -0.4 is 10.1 Å². The first-order valence-electron chi connectivity index (χ1n) is 8.32. The van der Waals surface area contributed by atoms with Crippen LogP contribution in [0.1, 0.15) is 17.3 Å². The predicted molar refractivity (Wildman–Crippen MR) is 100 cm³/mol. The molecule has 0 aliphatic carbocycles. The molecule has 0 aliphatic rings. The van der Waals surface area contributed by atoms with Crippen LogP contribution in [-0.4, -0.2) is 25.1 Å². The molecule has 27 heavy (non-hydrogen) atoms. The van der Waals surface area contributed by atoms with E-state index in [0.717, 1.165) is 16.8 Å². The molecular formula is C21H18FNO4. The third-order valence-corrected chi connectivity index (χ3v) is 4.10. The number of ether oxygens (including phenoxy) is 2. The average molecular weight is 367 g/mol. The minimum Gasteiger partial charge on any atom is -0.497 e. The fourth-order valence-corrected chi connectivity index (χ4v) is 2.63. The Labute approximate surface area is 155 Å². The zero-order chi connectivity index (χ0) is 19.4. The molecule has 0 saturated carbocycles. The molecule has 0 aromatic heterocycles. The van der Waals surface area contributed by atoms with Crippen LogP contribution in [-0.2, 0) is 9.53 Å². The third kappa shape index (κ3) is 4.06. The van der Waals surface area contributed by atoms with Gasteiger partial charge in [-0.3, -0.25) is 4.79 Å². The smallest absolute Gasteiger partial charge is 0.341 e. The van der Waals surface area contributed by atoms with E-state index in [4.69, 9.17) is 9.47 Å². The van der Waals surface area contributed by atoms with Crippen molar-refractivity contribution in [2.45, 2.75) is 13.0 Å². The molecule has 3 aromatic rings. The second-order valence-electron chi connectivity index (χ2n) is 5.91. The van der Waals surface area contributed by atoms with Crippen LogP contribution >= 0.6 is 0 Å². The minimum atomic E-state index is -1.10. The van der Waals surface area contributed by atoms with Crippen LogP contribution in [0.25, 0.3) is 10.8 Å². The lowest BCUT2D eigenvalue weighted by Crippen LogP contribution is -2.30. The van der Waals surface area contributed by atoms with Gasteiger partial charge in [0.1, 0.15) is 11.6 Å². The standard InChI is InChI=1S/C21H18FNO4/c1-13(27-21(25)17-11-10-15(26-2)12-18(17)22)20(24)23-19-9-5-7-14-6-3-4-8-16(14)19/h3-13H,1-2H3,(H,23,24)/t13-/m0/s1. The Morgan fingerprint density at radius 1 is 1.04 bits per heavy atom. The first kappa shape index (κ1) is 18.4. The molecule has 3 aromatic carbocycles. The van der Waals surface area contributed by atoms with Crippen molar-refractivity contribution >= 4 is 28.3 Å². The molecule has 0 radical (unpaired) electrons. The Morgan fingerprint density at radius 3 is 2.52 bits per heavy atom. The summed E-state index contributed by atoms with van der Waals surface area (Å²) in [7, 11) is 1.40. The molecule has 0 saturated heterocycles. The monoisotopic (exact) mass is 367 g/mol. The van der Waals surface area contributed by atoms with Gasteiger partial charge in [-0.15, -0.1) is 0 Å². The van der Waals surface area contributed by atoms with Gasteiger partial charge in [0, 0.05) is 17.1 Å². The highest BCUT2D eigenvalue weighted by Crippen LogP contribution is 2.23. The number of nitrogens with one attached hydrogen (secondary N) is 1. The third-order valence-electron chi connectivity index (χ3n) is 4.10. The molecular weight excluding hydrogens is 349 g/mol. The van der Waals surface area contributed by atoms with E-state index >= 15 is 0 Å². The summed E-state index contributed by atoms with van der Waals surface area (Å²) in [6.45, 7) is 1.43. The molecule has 1 amide bonds. The number of hydrogen-bond donors (Lipinski definition) is 1. The van der Waals surface area contributed by atoms with Gasteiger partial charge in [0.15, 0.2) is 6.10 Å². The van der Waals surface area contributed by atoms with Gasteiger partial charge in [0.2, 0.25) is 0 Å². The number of anilines is 1. The summed E-state index contributed by atoms with van der Waals surface area (Å²) in [5, 5.41) is 4.59. The van der Waals surface area contributed by atoms with Crippen LogP contribution in [0.2, 0.25) is 0 Å². The number of benzene rings is 3. The van der Waals surface area contributed by atoms with Gasteiger partial charge >= 0.3 is 5.97 Å². The van der Waals surface area contributed by atoms with Crippen molar-refractivity contribution in [3.05, 3.63) is 72.0 Å². The van der Waals surface area contributed by atoms with Crippen LogP contribution in [0.4, 0.5) is 10.1 Å². The van der Waals surface area contributed by atoms with Crippen LogP contribution in [0.5, 0.6) is 5.75 Å². The number of carbonyl (C=O) groups is 2. The van der Waals surface area contributed by atoms with Gasteiger partial charge in [0.25, 0.3) is 5.91 Å². The van der Waals surface area contributed by atoms with Gasteiger partial charge in [-0.1, -0.05) is 36.4 Å². The number of esters is 1. The van der Waals surface area contributed by atoms with Crippen LogP contribution in [0.15, 0.2) is 60.7 Å². The fourth-order valence-electron chi connectivity index (χ4n) is 2.63. The largest absolute Gasteiger partial charge is 0.497 e. The first-order valence-corrected chi connectivity index (χ1v) is 8.32. The van der Waals surface area contributed by atoms with E-state index < -0.39 is 23.8 Å². The number of carbonyl (C=O) groups excluding carboxylic acids is 2. The minimum absolute atomic E-state index is 0.263. The maximum atomic E-state index is 14.0. The molecule has 5 nitrogen and oxygen atoms in total. The molecule has 0 fully saturated rings. The van der Waals surface area contributed by atoms with Gasteiger partial charge in [0.05, 0.1) is 12.7 Å². The first-order chi connectivity index (χ1) is 13.0. The molecule has 3 rings (SSSR count). The summed E-state index contributed by atoms with van der Waals surface area (Å²) < 4.78 is 24.0. The summed E-state index contributed by atoms with van der Waals surface area (Å²) in [6, 6.07) is 16.9. The summed E-state index contributed by atoms with van der Waals surface area (Å²) in [4.78, 5) is 24.6. The maximum Gasteiger partial charge on any atom is 0.341 e. The molecule has 0 spiro atoms. The number of rotatable bonds is 5. The second-order valence-corrected chi connectivity index (χ2v) is 5.91. The van der Waals surface area contributed by atoms with Crippen molar-refractivity contribution in [2.75, 3.05) is 12.4 Å². The summed E-state index contributed by atoms with van der Waals surface area (Å²) in [5.41, 5.74) is 0.345. The average Bonchev–Trinajstić information content (AvgIpc) is 2.67. The van der Waals surface area contributed by atoms with Gasteiger partial charge in [-0.25, -0.2) is 9.18 Å². The maximum absolute atomic E-state index is 14.0. The summed E-state index contributed by atoms with van der Waals surface area (Å²) in [6.07, 6.45) is -1.10. The van der Waals surface area contributed by atoms with Gasteiger partial charge < -0.3 is 14.8 Å². The van der Waals surface area contributed by atoms with E-state index in [9.17, 15) is 14.0 Å². The predicted octanol–water partition coefficient (Wildman–Crippen LogP) is 4.17. The summed E-state index contributed by atoms with van der Waals surface area (Å²) >= 11 is 0. The highest BCUT2D eigenvalue weighted by atomic mass is 19.1. The van der Waals surface area contributed by atoms with E-state index in [-0.39, 0.29) is 11.3 Å². The van der Waals surface area contributed by atoms with Crippen molar-refractivity contribution in [1.29, 1.82) is 0 Å². The quantitative estimate of drug-likeness (QED) is 0.688. The molecule has 138 valence electrons. The lowest BCUT2D eigenvalue weighted by Gasteiger charge is -2.15. The van der Waals surface area contributed by atoms with E-state index in [2.05, 4.69) is 5.32 Å². The highest BCUT2D eigenvalue weighted by Gasteiger charge is 2.22. The molecule has 0 unspecified atom stereocenters. The zero-order valence-corrected chi connectivity index (χ0v) is 14.9. The van der Waals surface area contributed by atoms with Crippen molar-refractivity contribution in [2.24, 2.45) is 0 Å². The lowest BCUT2D eigenvalue weighted by molar-refractivity contribution is -0.123. The van der Waals surface area contributed by atoms with E-state index in [1.807, 2.05) is 36.4 Å². The molecule has 1 N–H and O–H groups in total. The normalized spacial score (nSPS) is 11.7. The fraction of sp³-hybridized carbons (Fsp3) is 0.143. The summed E-state index contributed by atoms with van der Waals surface area (Å²) in [5.74, 6) is -1.92. The van der Waals surface area contributed by atoms with Gasteiger partial charge in [-0.2, -0.15) is 0 Å². The molecule has 0 bridgehead atoms. The van der Waals surface area contributed by atoms with Gasteiger partial charge in [-0.05, 0) is 30.5 Å². The number of hydrogen-bond acceptors (Lipinski definition) is 4. The van der Waals surface area contributed by atoms with Crippen molar-refractivity contribution < 1.29 is 23.5 Å². The van der Waals surface area contributed by atoms with E-state index in [1.165, 1.54) is 26.2 Å². The zero-order valence-electron chi connectivity index (χ0n) is 14.9. The molecule has 0 heterocycles. The molecule has 1 atom stereocenters. The van der Waals surface area contributed by atoms with Crippen LogP contribution in [0.3, 0.4) is 0 Å². The van der Waals surface area contributed by atoms with Crippen molar-refractivity contribution in [1.82, 2.24) is 0 Å². The van der Waals surface area contributed by atoms with Crippen molar-refractivity contribution in [3.8, 4) is 5.75 Å². The Balaban J connectivity index is 1.71. The van der Waals surface area contributed by atoms with Crippen molar-refractivity contribution in [3.63, 3.8) is 0 Å². The van der Waals surface area contributed by atoms with Crippen LogP contribution in [0, 0.1) is 5.82 Å². The Bertz CT molecular complexity index is 997. The Kier molecular flexibility index (Phi) is 5.35. The number of fused-ring (bicyclic) bond motifs is 1. The highest BCUT2D eigenvalue weighted by molar-refractivity contribution is 6.04.